The van der Waals surface area contributed by atoms with Gasteiger partial charge < -0.3 is 10.2 Å². The molecule has 3 aromatic rings. The third kappa shape index (κ3) is 4.25. The Morgan fingerprint density at radius 3 is 2.68 bits per heavy atom. The van der Waals surface area contributed by atoms with Crippen LogP contribution in [0.1, 0.15) is 32.1 Å². The van der Waals surface area contributed by atoms with E-state index in [-0.39, 0.29) is 0 Å². The summed E-state index contributed by atoms with van der Waals surface area (Å²) in [5.41, 5.74) is 2.73. The van der Waals surface area contributed by atoms with Crippen LogP contribution >= 0.6 is 11.6 Å². The lowest BCUT2D eigenvalue weighted by molar-refractivity contribution is 0.426. The van der Waals surface area contributed by atoms with E-state index in [0.29, 0.717) is 17.0 Å². The highest BCUT2D eigenvalue weighted by Gasteiger charge is 2.22. The third-order valence-corrected chi connectivity index (χ3v) is 5.49. The molecule has 28 heavy (non-hydrogen) atoms. The number of benzene rings is 1. The molecule has 1 N–H and O–H groups in total. The Labute approximate surface area is 170 Å². The van der Waals surface area contributed by atoms with Crippen LogP contribution < -0.4 is 10.2 Å². The van der Waals surface area contributed by atoms with Crippen LogP contribution in [0.4, 0.5) is 17.5 Å². The van der Waals surface area contributed by atoms with Crippen molar-refractivity contribution >= 4 is 29.1 Å². The maximum absolute atomic E-state index is 6.07. The van der Waals surface area contributed by atoms with E-state index in [1.165, 1.54) is 32.1 Å². The number of pyridine rings is 1. The van der Waals surface area contributed by atoms with Crippen LogP contribution in [0, 0.1) is 0 Å². The Bertz CT molecular complexity index is 939. The summed E-state index contributed by atoms with van der Waals surface area (Å²) in [6, 6.07) is 14.0. The molecule has 6 heteroatoms. The van der Waals surface area contributed by atoms with Crippen LogP contribution in [0.15, 0.2) is 54.9 Å². The fourth-order valence-corrected chi connectivity index (χ4v) is 3.97. The van der Waals surface area contributed by atoms with E-state index in [1.54, 1.807) is 6.20 Å². The molecule has 1 aliphatic carbocycles. The molecular weight excluding hydrogens is 370 g/mol. The smallest absolute Gasteiger partial charge is 0.227 e. The van der Waals surface area contributed by atoms with E-state index in [9.17, 15) is 0 Å². The quantitative estimate of drug-likeness (QED) is 0.602. The summed E-state index contributed by atoms with van der Waals surface area (Å²) >= 11 is 6.07. The van der Waals surface area contributed by atoms with Gasteiger partial charge in [0.2, 0.25) is 5.95 Å². The third-order valence-electron chi connectivity index (χ3n) is 5.26. The van der Waals surface area contributed by atoms with E-state index in [2.05, 4.69) is 33.3 Å². The van der Waals surface area contributed by atoms with Gasteiger partial charge in [0.15, 0.2) is 0 Å². The largest absolute Gasteiger partial charge is 0.356 e. The maximum atomic E-state index is 6.07. The van der Waals surface area contributed by atoms with Crippen LogP contribution in [0.5, 0.6) is 0 Å². The fourth-order valence-electron chi connectivity index (χ4n) is 3.78. The molecule has 5 nitrogen and oxygen atoms in total. The molecule has 0 saturated heterocycles. The molecule has 0 radical (unpaired) electrons. The Balaban J connectivity index is 1.62. The predicted octanol–water partition coefficient (Wildman–Crippen LogP) is 5.70. The molecule has 1 aromatic carbocycles. The van der Waals surface area contributed by atoms with Crippen molar-refractivity contribution in [2.75, 3.05) is 17.3 Å². The SMILES string of the molecule is CN(c1ncccc1-c1ccnc(Nc2cccc(Cl)c2)n1)C1CCCCC1. The van der Waals surface area contributed by atoms with Gasteiger partial charge in [-0.25, -0.2) is 15.0 Å². The highest BCUT2D eigenvalue weighted by Crippen LogP contribution is 2.32. The first kappa shape index (κ1) is 18.7. The molecule has 2 aromatic heterocycles. The van der Waals surface area contributed by atoms with Crippen molar-refractivity contribution in [2.45, 2.75) is 38.1 Å². The van der Waals surface area contributed by atoms with Gasteiger partial charge in [0.05, 0.1) is 5.69 Å². The van der Waals surface area contributed by atoms with Gasteiger partial charge in [-0.3, -0.25) is 0 Å². The van der Waals surface area contributed by atoms with Gasteiger partial charge in [0, 0.05) is 41.8 Å². The molecule has 4 rings (SSSR count). The molecule has 0 amide bonds. The average molecular weight is 394 g/mol. The fraction of sp³-hybridized carbons (Fsp3) is 0.318. The van der Waals surface area contributed by atoms with Gasteiger partial charge in [-0.2, -0.15) is 0 Å². The zero-order chi connectivity index (χ0) is 19.3. The number of rotatable bonds is 5. The second-order valence-corrected chi connectivity index (χ2v) is 7.61. The molecule has 1 saturated carbocycles. The standard InChI is InChI=1S/C22H24ClN5/c1-28(18-9-3-2-4-10-18)21-19(11-6-13-24-21)20-12-14-25-22(27-20)26-17-8-5-7-16(23)15-17/h5-8,11-15,18H,2-4,9-10H2,1H3,(H,25,26,27). The number of hydrogen-bond acceptors (Lipinski definition) is 5. The second kappa shape index (κ2) is 8.57. The minimum absolute atomic E-state index is 0.535. The predicted molar refractivity (Wildman–Crippen MR) is 115 cm³/mol. The van der Waals surface area contributed by atoms with Crippen molar-refractivity contribution in [3.63, 3.8) is 0 Å². The van der Waals surface area contributed by atoms with Gasteiger partial charge in [-0.1, -0.05) is 36.9 Å². The molecule has 1 fully saturated rings. The number of hydrogen-bond donors (Lipinski definition) is 1. The van der Waals surface area contributed by atoms with Crippen molar-refractivity contribution in [1.82, 2.24) is 15.0 Å². The highest BCUT2D eigenvalue weighted by molar-refractivity contribution is 6.30. The lowest BCUT2D eigenvalue weighted by atomic mass is 9.94. The summed E-state index contributed by atoms with van der Waals surface area (Å²) in [7, 11) is 2.15. The molecule has 0 atom stereocenters. The molecule has 144 valence electrons. The molecule has 0 spiro atoms. The summed E-state index contributed by atoms with van der Waals surface area (Å²) in [6.45, 7) is 0. The van der Waals surface area contributed by atoms with Gasteiger partial charge >= 0.3 is 0 Å². The van der Waals surface area contributed by atoms with Crippen molar-refractivity contribution in [2.24, 2.45) is 0 Å². The normalized spacial score (nSPS) is 14.6. The summed E-state index contributed by atoms with van der Waals surface area (Å²) in [5, 5.41) is 3.90. The lowest BCUT2D eigenvalue weighted by Crippen LogP contribution is -2.34. The van der Waals surface area contributed by atoms with Crippen molar-refractivity contribution in [1.29, 1.82) is 0 Å². The van der Waals surface area contributed by atoms with Crippen LogP contribution in [0.3, 0.4) is 0 Å². The topological polar surface area (TPSA) is 53.9 Å². The van der Waals surface area contributed by atoms with E-state index < -0.39 is 0 Å². The zero-order valence-electron chi connectivity index (χ0n) is 16.0. The lowest BCUT2D eigenvalue weighted by Gasteiger charge is -2.33. The molecule has 1 aliphatic rings. The zero-order valence-corrected chi connectivity index (χ0v) is 16.7. The monoisotopic (exact) mass is 393 g/mol. The Kier molecular flexibility index (Phi) is 5.72. The van der Waals surface area contributed by atoms with E-state index >= 15 is 0 Å². The molecule has 0 bridgehead atoms. The average Bonchev–Trinajstić information content (AvgIpc) is 2.74. The Hall–Kier alpha value is -2.66. The maximum Gasteiger partial charge on any atom is 0.227 e. The number of nitrogens with zero attached hydrogens (tertiary/aromatic N) is 4. The van der Waals surface area contributed by atoms with Gasteiger partial charge in [-0.15, -0.1) is 0 Å². The first-order valence-corrected chi connectivity index (χ1v) is 10.1. The first-order chi connectivity index (χ1) is 13.7. The number of aromatic nitrogens is 3. The highest BCUT2D eigenvalue weighted by atomic mass is 35.5. The summed E-state index contributed by atoms with van der Waals surface area (Å²) < 4.78 is 0. The van der Waals surface area contributed by atoms with E-state index in [4.69, 9.17) is 16.6 Å². The first-order valence-electron chi connectivity index (χ1n) is 9.74. The summed E-state index contributed by atoms with van der Waals surface area (Å²) in [6.07, 6.45) is 9.98. The van der Waals surface area contributed by atoms with Gasteiger partial charge in [0.25, 0.3) is 0 Å². The van der Waals surface area contributed by atoms with E-state index in [1.807, 2.05) is 42.6 Å². The number of halogens is 1. The van der Waals surface area contributed by atoms with Crippen LogP contribution in [-0.2, 0) is 0 Å². The van der Waals surface area contributed by atoms with Crippen LogP contribution in [-0.4, -0.2) is 28.0 Å². The van der Waals surface area contributed by atoms with Crippen molar-refractivity contribution in [3.05, 3.63) is 59.9 Å². The molecule has 0 aliphatic heterocycles. The Morgan fingerprint density at radius 2 is 1.86 bits per heavy atom. The number of nitrogens with one attached hydrogen (secondary N) is 1. The van der Waals surface area contributed by atoms with E-state index in [0.717, 1.165) is 22.8 Å². The molecule has 0 unspecified atom stereocenters. The van der Waals surface area contributed by atoms with Crippen molar-refractivity contribution < 1.29 is 0 Å². The van der Waals surface area contributed by atoms with Crippen LogP contribution in [0.2, 0.25) is 5.02 Å². The van der Waals surface area contributed by atoms with Crippen LogP contribution in [0.25, 0.3) is 11.3 Å². The molecule has 2 heterocycles. The number of anilines is 3. The summed E-state index contributed by atoms with van der Waals surface area (Å²) in [4.78, 5) is 16.1. The Morgan fingerprint density at radius 1 is 1.00 bits per heavy atom. The molecular formula is C22H24ClN5. The minimum Gasteiger partial charge on any atom is -0.356 e. The van der Waals surface area contributed by atoms with Crippen molar-refractivity contribution in [3.8, 4) is 11.3 Å². The van der Waals surface area contributed by atoms with Gasteiger partial charge in [0.1, 0.15) is 5.82 Å². The second-order valence-electron chi connectivity index (χ2n) is 7.18. The summed E-state index contributed by atoms with van der Waals surface area (Å²) in [5.74, 6) is 1.51. The minimum atomic E-state index is 0.535. The van der Waals surface area contributed by atoms with Gasteiger partial charge in [-0.05, 0) is 49.2 Å².